The Kier molecular flexibility index (Phi) is 7.38. The second-order valence-corrected chi connectivity index (χ2v) is 9.71. The standard InChI is InChI=1S/C34H24N2O8/c1-41-29-17-19(11-13-25(29)35-31(37)23-15-21-7-3-5-9-27(21)43-33(23)39)20-12-14-26(30(18-20)42-2)36-32(38)24-16-22-8-4-6-10-28(22)44-34(24)40/h3-18H,1-2H3,(H,35,37)(H,36,38). The first-order valence-electron chi connectivity index (χ1n) is 13.4. The number of methoxy groups -OCH3 is 2. The van der Waals surface area contributed by atoms with Gasteiger partial charge in [-0.15, -0.1) is 0 Å². The lowest BCUT2D eigenvalue weighted by Gasteiger charge is -2.14. The molecule has 6 aromatic rings. The van der Waals surface area contributed by atoms with Gasteiger partial charge in [-0.3, -0.25) is 9.59 Å². The van der Waals surface area contributed by atoms with Gasteiger partial charge in [-0.25, -0.2) is 9.59 Å². The molecule has 10 nitrogen and oxygen atoms in total. The Bertz CT molecular complexity index is 2040. The summed E-state index contributed by atoms with van der Waals surface area (Å²) in [5.74, 6) is -0.587. The predicted octanol–water partition coefficient (Wildman–Crippen LogP) is 6.09. The molecular weight excluding hydrogens is 564 g/mol. The molecule has 0 aliphatic heterocycles. The summed E-state index contributed by atoms with van der Waals surface area (Å²) in [7, 11) is 2.92. The Hall–Kier alpha value is -6.16. The maximum absolute atomic E-state index is 13.0. The van der Waals surface area contributed by atoms with E-state index in [0.717, 1.165) is 11.1 Å². The number of carbonyl (C=O) groups is 2. The zero-order valence-corrected chi connectivity index (χ0v) is 23.5. The quantitative estimate of drug-likeness (QED) is 0.214. The molecular formula is C34H24N2O8. The maximum Gasteiger partial charge on any atom is 0.349 e. The lowest BCUT2D eigenvalue weighted by atomic mass is 10.0. The number of benzene rings is 4. The van der Waals surface area contributed by atoms with E-state index in [4.69, 9.17) is 18.3 Å². The highest BCUT2D eigenvalue weighted by Gasteiger charge is 2.18. The fourth-order valence-corrected chi connectivity index (χ4v) is 4.77. The Balaban J connectivity index is 1.24. The zero-order valence-electron chi connectivity index (χ0n) is 23.5. The van der Waals surface area contributed by atoms with Gasteiger partial charge in [0.1, 0.15) is 33.8 Å². The summed E-state index contributed by atoms with van der Waals surface area (Å²) >= 11 is 0. The van der Waals surface area contributed by atoms with Crippen molar-refractivity contribution >= 4 is 45.1 Å². The van der Waals surface area contributed by atoms with Crippen LogP contribution in [0.2, 0.25) is 0 Å². The molecule has 2 heterocycles. The predicted molar refractivity (Wildman–Crippen MR) is 166 cm³/mol. The molecule has 2 aromatic heterocycles. The molecule has 218 valence electrons. The van der Waals surface area contributed by atoms with Gasteiger partial charge >= 0.3 is 11.3 Å². The lowest BCUT2D eigenvalue weighted by Crippen LogP contribution is -2.21. The van der Waals surface area contributed by atoms with Crippen molar-refractivity contribution < 1.29 is 27.9 Å². The summed E-state index contributed by atoms with van der Waals surface area (Å²) in [6, 6.07) is 27.0. The molecule has 0 fully saturated rings. The Morgan fingerprint density at radius 2 is 0.977 bits per heavy atom. The minimum absolute atomic E-state index is 0.140. The fourth-order valence-electron chi connectivity index (χ4n) is 4.77. The number of hydrogen-bond acceptors (Lipinski definition) is 8. The zero-order chi connectivity index (χ0) is 30.8. The van der Waals surface area contributed by atoms with Crippen LogP contribution in [0, 0.1) is 0 Å². The molecule has 0 saturated carbocycles. The van der Waals surface area contributed by atoms with E-state index in [2.05, 4.69) is 10.6 Å². The molecule has 0 unspecified atom stereocenters. The van der Waals surface area contributed by atoms with Crippen LogP contribution in [0.4, 0.5) is 11.4 Å². The molecule has 2 N–H and O–H groups in total. The third-order valence-electron chi connectivity index (χ3n) is 7.00. The Labute approximate surface area is 249 Å². The minimum Gasteiger partial charge on any atom is -0.495 e. The van der Waals surface area contributed by atoms with Crippen molar-refractivity contribution in [3.8, 4) is 22.6 Å². The maximum atomic E-state index is 13.0. The van der Waals surface area contributed by atoms with E-state index in [1.807, 2.05) is 0 Å². The average molecular weight is 589 g/mol. The second-order valence-electron chi connectivity index (χ2n) is 9.71. The second kappa shape index (κ2) is 11.6. The summed E-state index contributed by atoms with van der Waals surface area (Å²) in [4.78, 5) is 50.9. The monoisotopic (exact) mass is 588 g/mol. The van der Waals surface area contributed by atoms with E-state index in [1.165, 1.54) is 26.4 Å². The molecule has 10 heteroatoms. The fraction of sp³-hybridized carbons (Fsp3) is 0.0588. The first-order valence-corrected chi connectivity index (χ1v) is 13.4. The molecule has 0 aliphatic carbocycles. The number of rotatable bonds is 7. The van der Waals surface area contributed by atoms with E-state index >= 15 is 0 Å². The van der Waals surface area contributed by atoms with Crippen LogP contribution in [-0.4, -0.2) is 26.0 Å². The smallest absolute Gasteiger partial charge is 0.349 e. The van der Waals surface area contributed by atoms with Crippen LogP contribution in [0.1, 0.15) is 20.7 Å². The Morgan fingerprint density at radius 1 is 0.568 bits per heavy atom. The van der Waals surface area contributed by atoms with E-state index in [-0.39, 0.29) is 11.1 Å². The van der Waals surface area contributed by atoms with Crippen molar-refractivity contribution in [2.75, 3.05) is 24.9 Å². The van der Waals surface area contributed by atoms with Crippen molar-refractivity contribution in [1.29, 1.82) is 0 Å². The number of amides is 2. The van der Waals surface area contributed by atoms with Gasteiger partial charge in [-0.2, -0.15) is 0 Å². The molecule has 0 saturated heterocycles. The number of para-hydroxylation sites is 2. The van der Waals surface area contributed by atoms with Gasteiger partial charge in [0.15, 0.2) is 0 Å². The van der Waals surface area contributed by atoms with Crippen LogP contribution < -0.4 is 31.4 Å². The molecule has 0 spiro atoms. The van der Waals surface area contributed by atoms with Crippen LogP contribution in [0.3, 0.4) is 0 Å². The minimum atomic E-state index is -0.752. The van der Waals surface area contributed by atoms with E-state index in [1.54, 1.807) is 84.9 Å². The normalized spacial score (nSPS) is 10.9. The molecule has 6 rings (SSSR count). The molecule has 44 heavy (non-hydrogen) atoms. The van der Waals surface area contributed by atoms with Gasteiger partial charge in [-0.1, -0.05) is 48.5 Å². The molecule has 0 radical (unpaired) electrons. The van der Waals surface area contributed by atoms with Crippen LogP contribution in [0.15, 0.2) is 115 Å². The first-order chi connectivity index (χ1) is 21.3. The van der Waals surface area contributed by atoms with E-state index < -0.39 is 23.1 Å². The third kappa shape index (κ3) is 5.39. The third-order valence-corrected chi connectivity index (χ3v) is 7.00. The largest absolute Gasteiger partial charge is 0.495 e. The van der Waals surface area contributed by atoms with Gasteiger partial charge < -0.3 is 28.9 Å². The van der Waals surface area contributed by atoms with Crippen LogP contribution in [0.5, 0.6) is 11.5 Å². The van der Waals surface area contributed by atoms with E-state index in [9.17, 15) is 19.2 Å². The van der Waals surface area contributed by atoms with Gasteiger partial charge in [0.2, 0.25) is 0 Å². The summed E-state index contributed by atoms with van der Waals surface area (Å²) in [6.45, 7) is 0. The molecule has 2 amide bonds. The molecule has 0 bridgehead atoms. The number of ether oxygens (including phenoxy) is 2. The highest BCUT2D eigenvalue weighted by Crippen LogP contribution is 2.35. The van der Waals surface area contributed by atoms with Crippen LogP contribution >= 0.6 is 0 Å². The number of hydrogen-bond donors (Lipinski definition) is 2. The van der Waals surface area contributed by atoms with Gasteiger partial charge in [0.25, 0.3) is 11.8 Å². The summed E-state index contributed by atoms with van der Waals surface area (Å²) in [5.41, 5.74) is 1.12. The number of nitrogens with one attached hydrogen (secondary N) is 2. The van der Waals surface area contributed by atoms with Crippen molar-refractivity contribution in [3.63, 3.8) is 0 Å². The summed E-state index contributed by atoms with van der Waals surface area (Å²) in [6.07, 6.45) is 0. The first kappa shape index (κ1) is 28.0. The number of carbonyl (C=O) groups excluding carboxylic acids is 2. The van der Waals surface area contributed by atoms with Crippen molar-refractivity contribution in [2.24, 2.45) is 0 Å². The van der Waals surface area contributed by atoms with Crippen molar-refractivity contribution in [3.05, 3.63) is 129 Å². The van der Waals surface area contributed by atoms with Gasteiger partial charge in [0, 0.05) is 10.8 Å². The molecule has 0 atom stereocenters. The van der Waals surface area contributed by atoms with Crippen molar-refractivity contribution in [2.45, 2.75) is 0 Å². The number of anilines is 2. The Morgan fingerprint density at radius 3 is 1.39 bits per heavy atom. The van der Waals surface area contributed by atoms with Crippen LogP contribution in [-0.2, 0) is 0 Å². The average Bonchev–Trinajstić information content (AvgIpc) is 3.04. The number of fused-ring (bicyclic) bond motifs is 2. The van der Waals surface area contributed by atoms with Gasteiger partial charge in [-0.05, 0) is 59.7 Å². The van der Waals surface area contributed by atoms with Crippen LogP contribution in [0.25, 0.3) is 33.1 Å². The van der Waals surface area contributed by atoms with Crippen molar-refractivity contribution in [1.82, 2.24) is 0 Å². The van der Waals surface area contributed by atoms with Gasteiger partial charge in [0.05, 0.1) is 25.6 Å². The lowest BCUT2D eigenvalue weighted by molar-refractivity contribution is 0.101. The molecule has 4 aromatic carbocycles. The highest BCUT2D eigenvalue weighted by atomic mass is 16.5. The SMILES string of the molecule is COc1cc(-c2ccc(NC(=O)c3cc4ccccc4oc3=O)c(OC)c2)ccc1NC(=O)c1cc2ccccc2oc1=O. The topological polar surface area (TPSA) is 137 Å². The summed E-state index contributed by atoms with van der Waals surface area (Å²) in [5, 5.41) is 6.67. The summed E-state index contributed by atoms with van der Waals surface area (Å²) < 4.78 is 21.6. The highest BCUT2D eigenvalue weighted by molar-refractivity contribution is 6.07. The van der Waals surface area contributed by atoms with E-state index in [0.29, 0.717) is 44.8 Å². The molecule has 0 aliphatic rings.